The Morgan fingerprint density at radius 1 is 1.29 bits per heavy atom. The van der Waals surface area contributed by atoms with Gasteiger partial charge in [0.25, 0.3) is 0 Å². The van der Waals surface area contributed by atoms with Crippen LogP contribution in [0.2, 0.25) is 0 Å². The summed E-state index contributed by atoms with van der Waals surface area (Å²) in [6.07, 6.45) is 2.41. The van der Waals surface area contributed by atoms with Gasteiger partial charge in [0.15, 0.2) is 0 Å². The Morgan fingerprint density at radius 2 is 1.88 bits per heavy atom. The fraction of sp³-hybridized carbons (Fsp3) is 0.917. The first-order valence-corrected chi connectivity index (χ1v) is 6.43. The Morgan fingerprint density at radius 3 is 2.41 bits per heavy atom. The summed E-state index contributed by atoms with van der Waals surface area (Å²) < 4.78 is 0. The minimum Gasteiger partial charge on any atom is -0.342 e. The summed E-state index contributed by atoms with van der Waals surface area (Å²) in [5.74, 6) is 1.90. The monoisotopic (exact) mass is 259 g/mol. The Kier molecular flexibility index (Phi) is 3.95. The number of nitrogens with one attached hydrogen (secondary N) is 1. The van der Waals surface area contributed by atoms with Crippen LogP contribution >= 0.6 is 12.4 Å². The van der Waals surface area contributed by atoms with E-state index < -0.39 is 0 Å². The molecule has 1 aliphatic carbocycles. The maximum atomic E-state index is 12.0. The third-order valence-electron chi connectivity index (χ3n) is 4.31. The Bertz CT molecular complexity index is 283. The SMILES string of the molecule is CN(C(=O)CN1C[C@H]2CNC[C@H]2C1)C1CC1.Cl. The van der Waals surface area contributed by atoms with E-state index in [-0.39, 0.29) is 12.4 Å². The largest absolute Gasteiger partial charge is 0.342 e. The van der Waals surface area contributed by atoms with E-state index in [1.807, 2.05) is 11.9 Å². The lowest BCUT2D eigenvalue weighted by molar-refractivity contribution is -0.131. The van der Waals surface area contributed by atoms with Crippen LogP contribution in [0.15, 0.2) is 0 Å². The standard InChI is InChI=1S/C12H21N3O.ClH/c1-14(11-2-3-11)12(16)8-15-6-9-4-13-5-10(9)7-15;/h9-11,13H,2-8H2,1H3;1H/t9-,10+;. The molecule has 3 aliphatic rings. The molecule has 0 aromatic heterocycles. The van der Waals surface area contributed by atoms with Crippen LogP contribution in [0.4, 0.5) is 0 Å². The number of fused-ring (bicyclic) bond motifs is 1. The van der Waals surface area contributed by atoms with Crippen LogP contribution in [0.5, 0.6) is 0 Å². The molecule has 98 valence electrons. The predicted molar refractivity (Wildman–Crippen MR) is 69.3 cm³/mol. The topological polar surface area (TPSA) is 35.6 Å². The lowest BCUT2D eigenvalue weighted by Gasteiger charge is -2.21. The minimum atomic E-state index is 0. The normalized spacial score (nSPS) is 32.1. The van der Waals surface area contributed by atoms with E-state index in [0.29, 0.717) is 18.5 Å². The first-order chi connectivity index (χ1) is 7.74. The van der Waals surface area contributed by atoms with E-state index in [4.69, 9.17) is 0 Å². The highest BCUT2D eigenvalue weighted by Gasteiger charge is 2.37. The van der Waals surface area contributed by atoms with Crippen LogP contribution in [0.25, 0.3) is 0 Å². The predicted octanol–water partition coefficient (Wildman–Crippen LogP) is 0.180. The number of amides is 1. The van der Waals surface area contributed by atoms with Gasteiger partial charge in [-0.15, -0.1) is 12.4 Å². The Labute approximate surface area is 109 Å². The number of rotatable bonds is 3. The number of likely N-dealkylation sites (tertiary alicyclic amines) is 1. The van der Waals surface area contributed by atoms with Crippen molar-refractivity contribution in [3.63, 3.8) is 0 Å². The van der Waals surface area contributed by atoms with Crippen molar-refractivity contribution < 1.29 is 4.79 Å². The van der Waals surface area contributed by atoms with Crippen molar-refractivity contribution in [2.45, 2.75) is 18.9 Å². The summed E-state index contributed by atoms with van der Waals surface area (Å²) in [5, 5.41) is 3.43. The molecule has 3 rings (SSSR count). The van der Waals surface area contributed by atoms with E-state index in [0.717, 1.165) is 38.0 Å². The van der Waals surface area contributed by atoms with Crippen molar-refractivity contribution in [2.75, 3.05) is 39.8 Å². The molecule has 0 unspecified atom stereocenters. The fourth-order valence-corrected chi connectivity index (χ4v) is 3.05. The molecule has 0 bridgehead atoms. The van der Waals surface area contributed by atoms with Crippen LogP contribution in [0, 0.1) is 11.8 Å². The number of hydrogen-bond donors (Lipinski definition) is 1. The average molecular weight is 260 g/mol. The van der Waals surface area contributed by atoms with Crippen LogP contribution < -0.4 is 5.32 Å². The average Bonchev–Trinajstić information content (AvgIpc) is 2.90. The van der Waals surface area contributed by atoms with Gasteiger partial charge < -0.3 is 10.2 Å². The molecule has 2 heterocycles. The Balaban J connectivity index is 0.00000108. The number of hydrogen-bond acceptors (Lipinski definition) is 3. The maximum Gasteiger partial charge on any atom is 0.236 e. The molecular formula is C12H22ClN3O. The van der Waals surface area contributed by atoms with E-state index in [1.165, 1.54) is 12.8 Å². The van der Waals surface area contributed by atoms with E-state index in [2.05, 4.69) is 10.2 Å². The molecule has 0 aromatic carbocycles. The van der Waals surface area contributed by atoms with Gasteiger partial charge in [-0.25, -0.2) is 0 Å². The number of carbonyl (C=O) groups is 1. The summed E-state index contributed by atoms with van der Waals surface area (Å²) in [5.41, 5.74) is 0. The molecule has 17 heavy (non-hydrogen) atoms. The summed E-state index contributed by atoms with van der Waals surface area (Å²) >= 11 is 0. The van der Waals surface area contributed by atoms with Gasteiger partial charge in [-0.3, -0.25) is 9.69 Å². The van der Waals surface area contributed by atoms with Crippen molar-refractivity contribution in [3.8, 4) is 0 Å². The summed E-state index contributed by atoms with van der Waals surface area (Å²) in [7, 11) is 1.96. The van der Waals surface area contributed by atoms with Crippen molar-refractivity contribution in [3.05, 3.63) is 0 Å². The van der Waals surface area contributed by atoms with Gasteiger partial charge in [0, 0.05) is 26.2 Å². The summed E-state index contributed by atoms with van der Waals surface area (Å²) in [6.45, 7) is 5.16. The van der Waals surface area contributed by atoms with Crippen LogP contribution in [0.1, 0.15) is 12.8 Å². The minimum absolute atomic E-state index is 0. The molecule has 1 saturated carbocycles. The second-order valence-corrected chi connectivity index (χ2v) is 5.61. The van der Waals surface area contributed by atoms with Gasteiger partial charge >= 0.3 is 0 Å². The Hall–Kier alpha value is -0.320. The lowest BCUT2D eigenvalue weighted by Crippen LogP contribution is -2.39. The second kappa shape index (κ2) is 5.12. The smallest absolute Gasteiger partial charge is 0.236 e. The zero-order valence-corrected chi connectivity index (χ0v) is 11.2. The van der Waals surface area contributed by atoms with Gasteiger partial charge in [-0.2, -0.15) is 0 Å². The third kappa shape index (κ3) is 2.75. The molecule has 1 N–H and O–H groups in total. The van der Waals surface area contributed by atoms with Gasteiger partial charge in [0.2, 0.25) is 5.91 Å². The highest BCUT2D eigenvalue weighted by Crippen LogP contribution is 2.28. The number of carbonyl (C=O) groups excluding carboxylic acids is 1. The van der Waals surface area contributed by atoms with Crippen molar-refractivity contribution in [1.29, 1.82) is 0 Å². The molecule has 0 aromatic rings. The van der Waals surface area contributed by atoms with E-state index in [1.54, 1.807) is 0 Å². The highest BCUT2D eigenvalue weighted by molar-refractivity contribution is 5.85. The number of nitrogens with zero attached hydrogens (tertiary/aromatic N) is 2. The quantitative estimate of drug-likeness (QED) is 0.786. The zero-order valence-electron chi connectivity index (χ0n) is 10.4. The van der Waals surface area contributed by atoms with Gasteiger partial charge in [0.05, 0.1) is 6.54 Å². The second-order valence-electron chi connectivity index (χ2n) is 5.61. The molecule has 0 spiro atoms. The zero-order chi connectivity index (χ0) is 11.1. The molecule has 2 saturated heterocycles. The van der Waals surface area contributed by atoms with Crippen LogP contribution in [0.3, 0.4) is 0 Å². The molecule has 0 radical (unpaired) electrons. The van der Waals surface area contributed by atoms with Gasteiger partial charge in [-0.1, -0.05) is 0 Å². The third-order valence-corrected chi connectivity index (χ3v) is 4.31. The van der Waals surface area contributed by atoms with Crippen molar-refractivity contribution in [2.24, 2.45) is 11.8 Å². The molecule has 1 amide bonds. The van der Waals surface area contributed by atoms with E-state index in [9.17, 15) is 4.79 Å². The van der Waals surface area contributed by atoms with Gasteiger partial charge in [-0.05, 0) is 37.8 Å². The molecule has 4 nitrogen and oxygen atoms in total. The fourth-order valence-electron chi connectivity index (χ4n) is 3.05. The van der Waals surface area contributed by atoms with Crippen LogP contribution in [-0.2, 0) is 4.79 Å². The first-order valence-electron chi connectivity index (χ1n) is 6.43. The summed E-state index contributed by atoms with van der Waals surface area (Å²) in [6, 6.07) is 0.552. The maximum absolute atomic E-state index is 12.0. The lowest BCUT2D eigenvalue weighted by atomic mass is 10.0. The molecule has 3 fully saturated rings. The number of halogens is 1. The molecule has 2 aliphatic heterocycles. The van der Waals surface area contributed by atoms with Gasteiger partial charge in [0.1, 0.15) is 0 Å². The molecular weight excluding hydrogens is 238 g/mol. The first kappa shape index (κ1) is 13.1. The molecule has 5 heteroatoms. The highest BCUT2D eigenvalue weighted by atomic mass is 35.5. The van der Waals surface area contributed by atoms with E-state index >= 15 is 0 Å². The molecule has 2 atom stereocenters. The van der Waals surface area contributed by atoms with Crippen LogP contribution in [-0.4, -0.2) is 61.5 Å². The summed E-state index contributed by atoms with van der Waals surface area (Å²) in [4.78, 5) is 16.3. The van der Waals surface area contributed by atoms with Crippen molar-refractivity contribution in [1.82, 2.24) is 15.1 Å². The van der Waals surface area contributed by atoms with Crippen molar-refractivity contribution >= 4 is 18.3 Å². The number of likely N-dealkylation sites (N-methyl/N-ethyl adjacent to an activating group) is 1.